The standard InChI is InChI=1S/C24H33N3O4/c1-29-21-17-20(18-22(30-2)24(21)31-3)25-23(28)10-12-27-15-13-26(14-16-27)11-9-19-7-5-4-6-8-19/h4-8,17-18H,9-16H2,1-3H3,(H,25,28). The molecule has 0 radical (unpaired) electrons. The fourth-order valence-corrected chi connectivity index (χ4v) is 3.80. The maximum Gasteiger partial charge on any atom is 0.225 e. The number of carbonyl (C=O) groups excluding carboxylic acids is 1. The molecule has 1 saturated heterocycles. The number of nitrogens with one attached hydrogen (secondary N) is 1. The Kier molecular flexibility index (Phi) is 8.55. The van der Waals surface area contributed by atoms with Crippen molar-refractivity contribution in [2.45, 2.75) is 12.8 Å². The molecule has 1 amide bonds. The van der Waals surface area contributed by atoms with E-state index in [0.29, 0.717) is 29.4 Å². The fraction of sp³-hybridized carbons (Fsp3) is 0.458. The van der Waals surface area contributed by atoms with E-state index in [1.54, 1.807) is 33.5 Å². The smallest absolute Gasteiger partial charge is 0.225 e. The maximum absolute atomic E-state index is 12.5. The monoisotopic (exact) mass is 427 g/mol. The lowest BCUT2D eigenvalue weighted by Crippen LogP contribution is -2.47. The lowest BCUT2D eigenvalue weighted by molar-refractivity contribution is -0.116. The van der Waals surface area contributed by atoms with Crippen LogP contribution in [-0.4, -0.2) is 76.3 Å². The molecule has 0 aliphatic carbocycles. The summed E-state index contributed by atoms with van der Waals surface area (Å²) in [5.74, 6) is 1.52. The van der Waals surface area contributed by atoms with Crippen LogP contribution in [0.1, 0.15) is 12.0 Å². The van der Waals surface area contributed by atoms with Gasteiger partial charge in [-0.25, -0.2) is 0 Å². The summed E-state index contributed by atoms with van der Waals surface area (Å²) in [5, 5.41) is 2.94. The van der Waals surface area contributed by atoms with Gasteiger partial charge < -0.3 is 29.3 Å². The second-order valence-electron chi connectivity index (χ2n) is 7.63. The number of rotatable bonds is 10. The number of amides is 1. The summed E-state index contributed by atoms with van der Waals surface area (Å²) in [4.78, 5) is 17.3. The molecule has 0 unspecified atom stereocenters. The maximum atomic E-state index is 12.5. The average Bonchev–Trinajstić information content (AvgIpc) is 2.82. The molecule has 2 aromatic carbocycles. The first kappa shape index (κ1) is 22.9. The lowest BCUT2D eigenvalue weighted by atomic mass is 10.1. The molecule has 1 aliphatic heterocycles. The van der Waals surface area contributed by atoms with Crippen LogP contribution in [0.25, 0.3) is 0 Å². The number of methoxy groups -OCH3 is 3. The second-order valence-corrected chi connectivity index (χ2v) is 7.63. The third kappa shape index (κ3) is 6.60. The van der Waals surface area contributed by atoms with Crippen LogP contribution in [0.15, 0.2) is 42.5 Å². The largest absolute Gasteiger partial charge is 0.493 e. The zero-order valence-electron chi connectivity index (χ0n) is 18.7. The molecule has 7 heteroatoms. The first-order valence-corrected chi connectivity index (χ1v) is 10.7. The highest BCUT2D eigenvalue weighted by Gasteiger charge is 2.18. The SMILES string of the molecule is COc1cc(NC(=O)CCN2CCN(CCc3ccccc3)CC2)cc(OC)c1OC. The van der Waals surface area contributed by atoms with Crippen molar-refractivity contribution in [2.75, 3.05) is 65.9 Å². The number of hydrogen-bond donors (Lipinski definition) is 1. The Morgan fingerprint density at radius 2 is 1.45 bits per heavy atom. The summed E-state index contributed by atoms with van der Waals surface area (Å²) < 4.78 is 16.0. The summed E-state index contributed by atoms with van der Waals surface area (Å²) in [6.45, 7) is 5.91. The van der Waals surface area contributed by atoms with Crippen LogP contribution in [0.3, 0.4) is 0 Å². The molecule has 7 nitrogen and oxygen atoms in total. The molecule has 1 fully saturated rings. The van der Waals surface area contributed by atoms with Crippen LogP contribution in [0.5, 0.6) is 17.2 Å². The molecule has 0 aromatic heterocycles. The Balaban J connectivity index is 1.41. The van der Waals surface area contributed by atoms with Gasteiger partial charge in [-0.2, -0.15) is 0 Å². The van der Waals surface area contributed by atoms with E-state index < -0.39 is 0 Å². The lowest BCUT2D eigenvalue weighted by Gasteiger charge is -2.34. The van der Waals surface area contributed by atoms with Crippen LogP contribution in [0, 0.1) is 0 Å². The molecule has 0 saturated carbocycles. The third-order valence-electron chi connectivity index (χ3n) is 5.63. The number of hydrogen-bond acceptors (Lipinski definition) is 6. The summed E-state index contributed by atoms with van der Waals surface area (Å²) in [6, 6.07) is 14.1. The molecule has 2 aromatic rings. The summed E-state index contributed by atoms with van der Waals surface area (Å²) in [5.41, 5.74) is 2.01. The van der Waals surface area contributed by atoms with Crippen molar-refractivity contribution in [3.63, 3.8) is 0 Å². The van der Waals surface area contributed by atoms with Crippen LogP contribution >= 0.6 is 0 Å². The molecule has 0 spiro atoms. The number of anilines is 1. The van der Waals surface area contributed by atoms with E-state index in [4.69, 9.17) is 14.2 Å². The van der Waals surface area contributed by atoms with Crippen LogP contribution in [0.2, 0.25) is 0 Å². The van der Waals surface area contributed by atoms with E-state index in [2.05, 4.69) is 45.4 Å². The molecule has 1 aliphatic rings. The zero-order valence-corrected chi connectivity index (χ0v) is 18.7. The van der Waals surface area contributed by atoms with Crippen LogP contribution < -0.4 is 19.5 Å². The van der Waals surface area contributed by atoms with Gasteiger partial charge in [-0.05, 0) is 12.0 Å². The Labute approximate surface area is 184 Å². The van der Waals surface area contributed by atoms with E-state index in [1.165, 1.54) is 5.56 Å². The predicted molar refractivity (Wildman–Crippen MR) is 122 cm³/mol. The van der Waals surface area contributed by atoms with E-state index in [9.17, 15) is 4.79 Å². The summed E-state index contributed by atoms with van der Waals surface area (Å²) in [7, 11) is 4.67. The fourth-order valence-electron chi connectivity index (χ4n) is 3.80. The van der Waals surface area contributed by atoms with Crippen molar-refractivity contribution in [1.29, 1.82) is 0 Å². The minimum absolute atomic E-state index is 0.0271. The Morgan fingerprint density at radius 1 is 0.871 bits per heavy atom. The molecule has 31 heavy (non-hydrogen) atoms. The van der Waals surface area contributed by atoms with Gasteiger partial charge in [0.15, 0.2) is 11.5 Å². The zero-order chi connectivity index (χ0) is 22.1. The van der Waals surface area contributed by atoms with Crippen molar-refractivity contribution in [1.82, 2.24) is 9.80 Å². The van der Waals surface area contributed by atoms with Gasteiger partial charge in [0.05, 0.1) is 21.3 Å². The minimum Gasteiger partial charge on any atom is -0.493 e. The number of nitrogens with zero attached hydrogens (tertiary/aromatic N) is 2. The van der Waals surface area contributed by atoms with Gasteiger partial charge in [0.2, 0.25) is 11.7 Å². The van der Waals surface area contributed by atoms with Gasteiger partial charge in [0.1, 0.15) is 0 Å². The molecule has 3 rings (SSSR count). The van der Waals surface area contributed by atoms with Crippen molar-refractivity contribution in [3.8, 4) is 17.2 Å². The van der Waals surface area contributed by atoms with Gasteiger partial charge in [-0.1, -0.05) is 30.3 Å². The van der Waals surface area contributed by atoms with Gasteiger partial charge in [-0.3, -0.25) is 4.79 Å². The Morgan fingerprint density at radius 3 is 2.00 bits per heavy atom. The molecule has 1 N–H and O–H groups in total. The predicted octanol–water partition coefficient (Wildman–Crippen LogP) is 2.90. The third-order valence-corrected chi connectivity index (χ3v) is 5.63. The van der Waals surface area contributed by atoms with Crippen molar-refractivity contribution < 1.29 is 19.0 Å². The quantitative estimate of drug-likeness (QED) is 0.629. The first-order chi connectivity index (χ1) is 15.1. The van der Waals surface area contributed by atoms with Crippen molar-refractivity contribution >= 4 is 11.6 Å². The summed E-state index contributed by atoms with van der Waals surface area (Å²) in [6.07, 6.45) is 1.53. The molecule has 1 heterocycles. The minimum atomic E-state index is -0.0271. The van der Waals surface area contributed by atoms with Crippen molar-refractivity contribution in [2.24, 2.45) is 0 Å². The van der Waals surface area contributed by atoms with Crippen molar-refractivity contribution in [3.05, 3.63) is 48.0 Å². The molecule has 0 bridgehead atoms. The van der Waals surface area contributed by atoms with Crippen LogP contribution in [-0.2, 0) is 11.2 Å². The number of benzene rings is 2. The van der Waals surface area contributed by atoms with Crippen LogP contribution in [0.4, 0.5) is 5.69 Å². The molecule has 0 atom stereocenters. The second kappa shape index (κ2) is 11.6. The summed E-state index contributed by atoms with van der Waals surface area (Å²) >= 11 is 0. The van der Waals surface area contributed by atoms with Gasteiger partial charge in [0.25, 0.3) is 0 Å². The Hall–Kier alpha value is -2.77. The van der Waals surface area contributed by atoms with E-state index in [1.807, 2.05) is 0 Å². The van der Waals surface area contributed by atoms with E-state index in [-0.39, 0.29) is 5.91 Å². The highest BCUT2D eigenvalue weighted by Crippen LogP contribution is 2.39. The number of ether oxygens (including phenoxy) is 3. The topological polar surface area (TPSA) is 63.3 Å². The first-order valence-electron chi connectivity index (χ1n) is 10.7. The molecule has 168 valence electrons. The van der Waals surface area contributed by atoms with Gasteiger partial charge in [0, 0.05) is 63.5 Å². The Bertz CT molecular complexity index is 811. The number of piperazine rings is 1. The number of carbonyl (C=O) groups is 1. The van der Waals surface area contributed by atoms with E-state index >= 15 is 0 Å². The highest BCUT2D eigenvalue weighted by molar-refractivity contribution is 5.91. The average molecular weight is 428 g/mol. The molecular formula is C24H33N3O4. The van der Waals surface area contributed by atoms with Gasteiger partial charge >= 0.3 is 0 Å². The van der Waals surface area contributed by atoms with E-state index in [0.717, 1.165) is 45.7 Å². The normalized spacial score (nSPS) is 14.8. The molecular weight excluding hydrogens is 394 g/mol. The highest BCUT2D eigenvalue weighted by atomic mass is 16.5. The van der Waals surface area contributed by atoms with Gasteiger partial charge in [-0.15, -0.1) is 0 Å².